The van der Waals surface area contributed by atoms with Crippen LogP contribution >= 0.6 is 0 Å². The van der Waals surface area contributed by atoms with Crippen LogP contribution in [0.5, 0.6) is 0 Å². The Morgan fingerprint density at radius 2 is 2.00 bits per heavy atom. The molecular formula is C17H21N3O2. The summed E-state index contributed by atoms with van der Waals surface area (Å²) in [6.45, 7) is 2.18. The van der Waals surface area contributed by atoms with Crippen LogP contribution in [0.3, 0.4) is 0 Å². The molecule has 2 N–H and O–H groups in total. The number of carbonyl (C=O) groups excluding carboxylic acids is 1. The summed E-state index contributed by atoms with van der Waals surface area (Å²) >= 11 is 0. The lowest BCUT2D eigenvalue weighted by molar-refractivity contribution is 0.0449. The maximum atomic E-state index is 12.3. The number of carbonyl (C=O) groups is 1. The van der Waals surface area contributed by atoms with Crippen LogP contribution in [-0.4, -0.2) is 32.9 Å². The Labute approximate surface area is 130 Å². The Morgan fingerprint density at radius 3 is 2.68 bits per heavy atom. The fraction of sp³-hybridized carbons (Fsp3) is 0.412. The van der Waals surface area contributed by atoms with Crippen molar-refractivity contribution in [3.05, 3.63) is 47.8 Å². The molecule has 0 saturated heterocycles. The number of hydrogen-bond acceptors (Lipinski definition) is 3. The van der Waals surface area contributed by atoms with Crippen LogP contribution in [0.2, 0.25) is 0 Å². The van der Waals surface area contributed by atoms with Gasteiger partial charge in [0, 0.05) is 6.54 Å². The van der Waals surface area contributed by atoms with Gasteiger partial charge in [0.2, 0.25) is 0 Å². The quantitative estimate of drug-likeness (QED) is 0.909. The molecule has 1 aliphatic rings. The second-order valence-corrected chi connectivity index (χ2v) is 6.01. The lowest BCUT2D eigenvalue weighted by atomic mass is 10.0. The van der Waals surface area contributed by atoms with E-state index in [4.69, 9.17) is 0 Å². The molecule has 0 bridgehead atoms. The summed E-state index contributed by atoms with van der Waals surface area (Å²) in [5.41, 5.74) is 1.53. The van der Waals surface area contributed by atoms with E-state index in [-0.39, 0.29) is 5.91 Å². The predicted molar refractivity (Wildman–Crippen MR) is 84.1 cm³/mol. The normalized spacial score (nSPS) is 16.6. The highest BCUT2D eigenvalue weighted by Gasteiger charge is 2.31. The van der Waals surface area contributed by atoms with E-state index in [0.29, 0.717) is 12.1 Å². The van der Waals surface area contributed by atoms with Crippen molar-refractivity contribution in [1.29, 1.82) is 0 Å². The van der Waals surface area contributed by atoms with Gasteiger partial charge < -0.3 is 10.4 Å². The summed E-state index contributed by atoms with van der Waals surface area (Å²) in [5, 5.41) is 17.4. The molecule has 0 spiro atoms. The van der Waals surface area contributed by atoms with Crippen LogP contribution in [0.1, 0.15) is 41.7 Å². The van der Waals surface area contributed by atoms with Crippen LogP contribution in [0.4, 0.5) is 0 Å². The van der Waals surface area contributed by atoms with Crippen LogP contribution in [0.15, 0.2) is 36.5 Å². The first-order valence-corrected chi connectivity index (χ1v) is 7.70. The minimum atomic E-state index is -0.737. The van der Waals surface area contributed by atoms with E-state index < -0.39 is 5.60 Å². The maximum absolute atomic E-state index is 12.3. The van der Waals surface area contributed by atoms with Gasteiger partial charge in [-0.25, -0.2) is 4.68 Å². The number of aliphatic hydroxyl groups is 1. The van der Waals surface area contributed by atoms with E-state index in [1.54, 1.807) is 10.9 Å². The molecule has 1 amide bonds. The number of rotatable bonds is 4. The average molecular weight is 299 g/mol. The Balaban J connectivity index is 1.72. The molecule has 1 aliphatic carbocycles. The number of benzene rings is 1. The van der Waals surface area contributed by atoms with Crippen molar-refractivity contribution in [3.63, 3.8) is 0 Å². The standard InChI is InChI=1S/C17H21N3O2/c1-13-15(11-19-20(13)14-7-3-2-4-8-14)16(21)18-12-17(22)9-5-6-10-17/h2-4,7-8,11,22H,5-6,9-10,12H2,1H3,(H,18,21). The highest BCUT2D eigenvalue weighted by atomic mass is 16.3. The van der Waals surface area contributed by atoms with Crippen LogP contribution in [0.25, 0.3) is 5.69 Å². The zero-order chi connectivity index (χ0) is 15.6. The van der Waals surface area contributed by atoms with E-state index >= 15 is 0 Å². The SMILES string of the molecule is Cc1c(C(=O)NCC2(O)CCCC2)cnn1-c1ccccc1. The molecule has 22 heavy (non-hydrogen) atoms. The van der Waals surface area contributed by atoms with Crippen LogP contribution in [0, 0.1) is 6.92 Å². The van der Waals surface area contributed by atoms with E-state index in [0.717, 1.165) is 37.1 Å². The number of aromatic nitrogens is 2. The number of nitrogens with zero attached hydrogens (tertiary/aromatic N) is 2. The van der Waals surface area contributed by atoms with Crippen LogP contribution < -0.4 is 5.32 Å². The second kappa shape index (κ2) is 5.93. The summed E-state index contributed by atoms with van der Waals surface area (Å²) in [7, 11) is 0. The summed E-state index contributed by atoms with van der Waals surface area (Å²) in [5.74, 6) is -0.181. The Kier molecular flexibility index (Phi) is 3.98. The van der Waals surface area contributed by atoms with Crippen molar-refractivity contribution < 1.29 is 9.90 Å². The maximum Gasteiger partial charge on any atom is 0.254 e. The van der Waals surface area contributed by atoms with E-state index in [9.17, 15) is 9.90 Å². The average Bonchev–Trinajstić information content (AvgIpc) is 3.13. The lowest BCUT2D eigenvalue weighted by Crippen LogP contribution is -2.40. The molecule has 3 rings (SSSR count). The number of para-hydroxylation sites is 1. The van der Waals surface area contributed by atoms with Crippen molar-refractivity contribution >= 4 is 5.91 Å². The van der Waals surface area contributed by atoms with Crippen molar-refractivity contribution in [1.82, 2.24) is 15.1 Å². The van der Waals surface area contributed by atoms with E-state index in [1.165, 1.54) is 0 Å². The molecule has 1 aromatic heterocycles. The van der Waals surface area contributed by atoms with Crippen molar-refractivity contribution in [3.8, 4) is 5.69 Å². The molecule has 0 atom stereocenters. The Hall–Kier alpha value is -2.14. The van der Waals surface area contributed by atoms with Gasteiger partial charge in [-0.15, -0.1) is 0 Å². The Bertz CT molecular complexity index is 658. The molecule has 0 unspecified atom stereocenters. The summed E-state index contributed by atoms with van der Waals surface area (Å²) in [4.78, 5) is 12.3. The predicted octanol–water partition coefficient (Wildman–Crippen LogP) is 2.22. The van der Waals surface area contributed by atoms with Gasteiger partial charge in [0.25, 0.3) is 5.91 Å². The minimum Gasteiger partial charge on any atom is -0.388 e. The Morgan fingerprint density at radius 1 is 1.32 bits per heavy atom. The van der Waals surface area contributed by atoms with E-state index in [1.807, 2.05) is 37.3 Å². The first kappa shape index (κ1) is 14.8. The second-order valence-electron chi connectivity index (χ2n) is 6.01. The minimum absolute atomic E-state index is 0.181. The molecule has 1 heterocycles. The molecule has 116 valence electrons. The molecule has 5 heteroatoms. The molecule has 2 aromatic rings. The number of hydrogen-bond donors (Lipinski definition) is 2. The molecule has 5 nitrogen and oxygen atoms in total. The molecule has 0 aliphatic heterocycles. The molecule has 1 saturated carbocycles. The van der Waals surface area contributed by atoms with Gasteiger partial charge in [-0.3, -0.25) is 4.79 Å². The summed E-state index contributed by atoms with van der Waals surface area (Å²) in [6.07, 6.45) is 5.15. The molecular weight excluding hydrogens is 278 g/mol. The zero-order valence-corrected chi connectivity index (χ0v) is 12.7. The van der Waals surface area contributed by atoms with Gasteiger partial charge in [0.15, 0.2) is 0 Å². The molecule has 1 aromatic carbocycles. The summed E-state index contributed by atoms with van der Waals surface area (Å²) < 4.78 is 1.75. The third kappa shape index (κ3) is 2.90. The highest BCUT2D eigenvalue weighted by Crippen LogP contribution is 2.28. The third-order valence-electron chi connectivity index (χ3n) is 4.37. The lowest BCUT2D eigenvalue weighted by Gasteiger charge is -2.22. The van der Waals surface area contributed by atoms with Gasteiger partial charge in [-0.1, -0.05) is 31.0 Å². The van der Waals surface area contributed by atoms with Gasteiger partial charge >= 0.3 is 0 Å². The van der Waals surface area contributed by atoms with Crippen molar-refractivity contribution in [2.75, 3.05) is 6.54 Å². The molecule has 0 radical (unpaired) electrons. The van der Waals surface area contributed by atoms with Gasteiger partial charge in [0.05, 0.1) is 28.7 Å². The van der Waals surface area contributed by atoms with Crippen molar-refractivity contribution in [2.24, 2.45) is 0 Å². The number of amides is 1. The fourth-order valence-corrected chi connectivity index (χ4v) is 3.01. The van der Waals surface area contributed by atoms with E-state index in [2.05, 4.69) is 10.4 Å². The first-order valence-electron chi connectivity index (χ1n) is 7.70. The van der Waals surface area contributed by atoms with Gasteiger partial charge in [-0.2, -0.15) is 5.10 Å². The zero-order valence-electron chi connectivity index (χ0n) is 12.7. The highest BCUT2D eigenvalue weighted by molar-refractivity contribution is 5.95. The van der Waals surface area contributed by atoms with Crippen LogP contribution in [-0.2, 0) is 0 Å². The third-order valence-corrected chi connectivity index (χ3v) is 4.37. The fourth-order valence-electron chi connectivity index (χ4n) is 3.01. The first-order chi connectivity index (χ1) is 10.6. The van der Waals surface area contributed by atoms with Gasteiger partial charge in [0.1, 0.15) is 0 Å². The van der Waals surface area contributed by atoms with Gasteiger partial charge in [-0.05, 0) is 31.9 Å². The number of nitrogens with one attached hydrogen (secondary N) is 1. The largest absolute Gasteiger partial charge is 0.388 e. The topological polar surface area (TPSA) is 67.2 Å². The monoisotopic (exact) mass is 299 g/mol. The summed E-state index contributed by atoms with van der Waals surface area (Å²) in [6, 6.07) is 9.71. The molecule has 1 fully saturated rings. The smallest absolute Gasteiger partial charge is 0.254 e. The van der Waals surface area contributed by atoms with Crippen molar-refractivity contribution in [2.45, 2.75) is 38.2 Å².